The van der Waals surface area contributed by atoms with Crippen LogP contribution in [0.3, 0.4) is 0 Å². The van der Waals surface area contributed by atoms with E-state index in [-0.39, 0.29) is 0 Å². The van der Waals surface area contributed by atoms with Gasteiger partial charge in [0, 0.05) is 13.2 Å². The molecule has 1 saturated heterocycles. The fourth-order valence-corrected chi connectivity index (χ4v) is 3.38. The predicted octanol–water partition coefficient (Wildman–Crippen LogP) is -0.876. The summed E-state index contributed by atoms with van der Waals surface area (Å²) in [6.45, 7) is -0.706. The largest absolute Gasteiger partial charge is 0.394 e. The van der Waals surface area contributed by atoms with Crippen molar-refractivity contribution in [3.05, 3.63) is 29.8 Å². The van der Waals surface area contributed by atoms with Crippen LogP contribution in [0.2, 0.25) is 0 Å². The molecule has 1 aliphatic rings. The molecular weight excluding hydrogens is 354 g/mol. The normalized spacial score (nSPS) is 31.2. The van der Waals surface area contributed by atoms with Gasteiger partial charge in [0.25, 0.3) is 10.1 Å². The number of rotatable bonds is 5. The van der Waals surface area contributed by atoms with Crippen molar-refractivity contribution in [2.75, 3.05) is 13.7 Å². The number of ether oxygens (including phenoxy) is 2. The lowest BCUT2D eigenvalue weighted by Crippen LogP contribution is -2.60. The van der Waals surface area contributed by atoms with E-state index in [1.165, 1.54) is 0 Å². The zero-order valence-electron chi connectivity index (χ0n) is 12.4. The van der Waals surface area contributed by atoms with Gasteiger partial charge in [0.05, 0.1) is 11.5 Å². The number of aliphatic hydroxyl groups excluding tert-OH is 3. The van der Waals surface area contributed by atoms with E-state index < -0.39 is 64.0 Å². The number of methoxy groups -OCH3 is 1. The number of aliphatic hydroxyl groups is 3. The Balaban J connectivity index is 2.31. The van der Waals surface area contributed by atoms with Crippen LogP contribution in [0, 0.1) is 11.6 Å². The van der Waals surface area contributed by atoms with E-state index >= 15 is 0 Å². The maximum atomic E-state index is 13.2. The maximum absolute atomic E-state index is 13.2. The van der Waals surface area contributed by atoms with Crippen molar-refractivity contribution in [3.8, 4) is 0 Å². The standard InChI is InChI=1S/C13H16F2O8S/c1-21-13-11(18)12(10(17)9(5-16)22-13)23-24(19,20)8-3-6(14)2-7(15)4-8/h2-4,9-13,16-18H,5H2,1H3/t9-,10+,11-,12+,13+/m1/s1. The Morgan fingerprint density at radius 1 is 1.17 bits per heavy atom. The van der Waals surface area contributed by atoms with Gasteiger partial charge in [0.15, 0.2) is 6.29 Å². The van der Waals surface area contributed by atoms with E-state index in [9.17, 15) is 27.4 Å². The monoisotopic (exact) mass is 370 g/mol. The van der Waals surface area contributed by atoms with Crippen molar-refractivity contribution >= 4 is 10.1 Å². The summed E-state index contributed by atoms with van der Waals surface area (Å²) < 4.78 is 65.3. The molecule has 1 aromatic rings. The van der Waals surface area contributed by atoms with Crippen molar-refractivity contribution in [2.24, 2.45) is 0 Å². The predicted molar refractivity (Wildman–Crippen MR) is 73.2 cm³/mol. The van der Waals surface area contributed by atoms with E-state index in [2.05, 4.69) is 0 Å². The highest BCUT2D eigenvalue weighted by atomic mass is 32.2. The van der Waals surface area contributed by atoms with Crippen LogP contribution in [0.4, 0.5) is 8.78 Å². The minimum absolute atomic E-state index is 0.472. The molecule has 0 aliphatic carbocycles. The van der Waals surface area contributed by atoms with Gasteiger partial charge in [-0.05, 0) is 12.1 Å². The lowest BCUT2D eigenvalue weighted by molar-refractivity contribution is -0.289. The van der Waals surface area contributed by atoms with Crippen LogP contribution in [-0.2, 0) is 23.8 Å². The second-order valence-corrected chi connectivity index (χ2v) is 6.63. The molecule has 1 aromatic carbocycles. The minimum Gasteiger partial charge on any atom is -0.394 e. The highest BCUT2D eigenvalue weighted by molar-refractivity contribution is 7.86. The fourth-order valence-electron chi connectivity index (χ4n) is 2.24. The summed E-state index contributed by atoms with van der Waals surface area (Å²) in [5, 5.41) is 29.1. The van der Waals surface area contributed by atoms with Crippen molar-refractivity contribution in [2.45, 2.75) is 35.6 Å². The highest BCUT2D eigenvalue weighted by Gasteiger charge is 2.47. The van der Waals surface area contributed by atoms with Crippen LogP contribution < -0.4 is 0 Å². The van der Waals surface area contributed by atoms with E-state index in [1.54, 1.807) is 0 Å². The van der Waals surface area contributed by atoms with Crippen LogP contribution in [0.5, 0.6) is 0 Å². The molecule has 2 rings (SSSR count). The summed E-state index contributed by atoms with van der Waals surface area (Å²) in [6.07, 6.45) is -7.92. The van der Waals surface area contributed by atoms with Gasteiger partial charge in [-0.15, -0.1) is 0 Å². The van der Waals surface area contributed by atoms with Gasteiger partial charge in [0.2, 0.25) is 0 Å². The van der Waals surface area contributed by atoms with Crippen molar-refractivity contribution in [3.63, 3.8) is 0 Å². The number of hydrogen-bond donors (Lipinski definition) is 3. The molecule has 1 aliphatic heterocycles. The first-order valence-corrected chi connectivity index (χ1v) is 8.15. The van der Waals surface area contributed by atoms with Crippen LogP contribution in [-0.4, -0.2) is 68.2 Å². The SMILES string of the molecule is CO[C@H]1O[C@H](CO)[C@H](O)[C@H](OS(=O)(=O)c2cc(F)cc(F)c2)[C@H]1O. The van der Waals surface area contributed by atoms with Gasteiger partial charge in [-0.25, -0.2) is 8.78 Å². The summed E-state index contributed by atoms with van der Waals surface area (Å²) >= 11 is 0. The average molecular weight is 370 g/mol. The molecule has 11 heteroatoms. The molecule has 1 fully saturated rings. The Morgan fingerprint density at radius 3 is 2.25 bits per heavy atom. The molecule has 0 unspecified atom stereocenters. The van der Waals surface area contributed by atoms with Gasteiger partial charge in [-0.2, -0.15) is 8.42 Å². The second-order valence-electron chi connectivity index (χ2n) is 5.06. The molecule has 136 valence electrons. The molecule has 8 nitrogen and oxygen atoms in total. The summed E-state index contributed by atoms with van der Waals surface area (Å²) in [7, 11) is -3.58. The molecule has 1 heterocycles. The Morgan fingerprint density at radius 2 is 1.75 bits per heavy atom. The van der Waals surface area contributed by atoms with Gasteiger partial charge in [0.1, 0.15) is 36.1 Å². The Bertz CT molecular complexity index is 646. The second kappa shape index (κ2) is 7.35. The molecule has 0 saturated carbocycles. The zero-order valence-corrected chi connectivity index (χ0v) is 13.2. The molecule has 0 spiro atoms. The average Bonchev–Trinajstić information content (AvgIpc) is 2.51. The van der Waals surface area contributed by atoms with Crippen LogP contribution in [0.1, 0.15) is 0 Å². The van der Waals surface area contributed by atoms with E-state index in [1.807, 2.05) is 0 Å². The van der Waals surface area contributed by atoms with Crippen LogP contribution in [0.25, 0.3) is 0 Å². The lowest BCUT2D eigenvalue weighted by atomic mass is 9.99. The zero-order chi connectivity index (χ0) is 18.1. The van der Waals surface area contributed by atoms with Crippen LogP contribution in [0.15, 0.2) is 23.1 Å². The third-order valence-corrected chi connectivity index (χ3v) is 4.71. The first-order chi connectivity index (χ1) is 11.2. The smallest absolute Gasteiger partial charge is 0.297 e. The summed E-state index contributed by atoms with van der Waals surface area (Å²) in [4.78, 5) is -0.833. The van der Waals surface area contributed by atoms with Crippen molar-refractivity contribution in [1.82, 2.24) is 0 Å². The van der Waals surface area contributed by atoms with E-state index in [0.717, 1.165) is 7.11 Å². The summed E-state index contributed by atoms with van der Waals surface area (Å²) in [5.74, 6) is -2.29. The first kappa shape index (κ1) is 19.1. The molecule has 24 heavy (non-hydrogen) atoms. The first-order valence-electron chi connectivity index (χ1n) is 6.74. The molecule has 0 bridgehead atoms. The fraction of sp³-hybridized carbons (Fsp3) is 0.538. The summed E-state index contributed by atoms with van der Waals surface area (Å²) in [5.41, 5.74) is 0. The molecule has 5 atom stereocenters. The van der Waals surface area contributed by atoms with Gasteiger partial charge >= 0.3 is 0 Å². The third-order valence-electron chi connectivity index (χ3n) is 3.42. The molecular formula is C13H16F2O8S. The van der Waals surface area contributed by atoms with Gasteiger partial charge in [-0.1, -0.05) is 0 Å². The van der Waals surface area contributed by atoms with Crippen LogP contribution >= 0.6 is 0 Å². The highest BCUT2D eigenvalue weighted by Crippen LogP contribution is 2.27. The van der Waals surface area contributed by atoms with E-state index in [4.69, 9.17) is 18.8 Å². The molecule has 3 N–H and O–H groups in total. The van der Waals surface area contributed by atoms with Gasteiger partial charge < -0.3 is 24.8 Å². The Kier molecular flexibility index (Phi) is 5.86. The van der Waals surface area contributed by atoms with Gasteiger partial charge in [-0.3, -0.25) is 4.18 Å². The number of halogens is 2. The molecule has 0 radical (unpaired) electrons. The molecule has 0 aromatic heterocycles. The lowest BCUT2D eigenvalue weighted by Gasteiger charge is -2.40. The summed E-state index contributed by atoms with van der Waals surface area (Å²) in [6, 6.07) is 1.52. The number of hydrogen-bond acceptors (Lipinski definition) is 8. The number of benzene rings is 1. The quantitative estimate of drug-likeness (QED) is 0.572. The minimum atomic E-state index is -4.73. The van der Waals surface area contributed by atoms with Crippen molar-refractivity contribution in [1.29, 1.82) is 0 Å². The topological polar surface area (TPSA) is 123 Å². The third kappa shape index (κ3) is 3.88. The van der Waals surface area contributed by atoms with Crippen molar-refractivity contribution < 1.29 is 46.2 Å². The Hall–Kier alpha value is -1.21. The van der Waals surface area contributed by atoms with E-state index in [0.29, 0.717) is 18.2 Å². The Labute approximate surface area is 136 Å². The maximum Gasteiger partial charge on any atom is 0.297 e. The molecule has 0 amide bonds.